The van der Waals surface area contributed by atoms with Crippen molar-refractivity contribution in [1.29, 1.82) is 5.26 Å². The second-order valence-corrected chi connectivity index (χ2v) is 3.79. The summed E-state index contributed by atoms with van der Waals surface area (Å²) in [5, 5.41) is 19.7. The third-order valence-electron chi connectivity index (χ3n) is 2.40. The Morgan fingerprint density at radius 3 is 2.55 bits per heavy atom. The number of aliphatic carboxylic acids is 1. The molecule has 1 rings (SSSR count). The molecule has 1 amide bonds. The van der Waals surface area contributed by atoms with E-state index in [9.17, 15) is 9.59 Å². The van der Waals surface area contributed by atoms with Gasteiger partial charge in [0.2, 0.25) is 0 Å². The van der Waals surface area contributed by atoms with Crippen molar-refractivity contribution >= 4 is 11.9 Å². The Bertz CT molecular complexity index is 506. The molecule has 1 unspecified atom stereocenters. The van der Waals surface area contributed by atoms with Gasteiger partial charge in [-0.2, -0.15) is 5.26 Å². The van der Waals surface area contributed by atoms with Gasteiger partial charge in [0.25, 0.3) is 5.91 Å². The number of nitrogens with zero attached hydrogens (tertiary/aromatic N) is 1. The minimum absolute atomic E-state index is 0.138. The Labute approximate surface area is 115 Å². The largest absolute Gasteiger partial charge is 0.484 e. The number of carbonyl (C=O) groups is 2. The van der Waals surface area contributed by atoms with Gasteiger partial charge in [-0.3, -0.25) is 4.79 Å². The molecule has 7 nitrogen and oxygen atoms in total. The molecular weight excluding hydrogens is 264 g/mol. The van der Waals surface area contributed by atoms with Crippen molar-refractivity contribution in [3.8, 4) is 11.8 Å². The summed E-state index contributed by atoms with van der Waals surface area (Å²) >= 11 is 0. The predicted molar refractivity (Wildman–Crippen MR) is 68.1 cm³/mol. The highest BCUT2D eigenvalue weighted by Crippen LogP contribution is 2.11. The van der Waals surface area contributed by atoms with Crippen LogP contribution in [0.5, 0.6) is 5.75 Å². The first kappa shape index (κ1) is 15.5. The summed E-state index contributed by atoms with van der Waals surface area (Å²) in [6.45, 7) is -0.386. The lowest BCUT2D eigenvalue weighted by Crippen LogP contribution is -2.39. The van der Waals surface area contributed by atoms with Gasteiger partial charge >= 0.3 is 5.97 Å². The van der Waals surface area contributed by atoms with Crippen molar-refractivity contribution < 1.29 is 24.2 Å². The Hall–Kier alpha value is -2.59. The first-order valence-electron chi connectivity index (χ1n) is 5.72. The van der Waals surface area contributed by atoms with E-state index < -0.39 is 18.0 Å². The molecule has 7 heteroatoms. The van der Waals surface area contributed by atoms with E-state index >= 15 is 0 Å². The maximum atomic E-state index is 11.4. The standard InChI is InChI=1S/C13H14N2O5/c1-19-11(13(17)18)7-15-12(16)8-20-10-4-2-9(6-14)3-5-10/h2-5,11H,7-8H2,1H3,(H,15,16)(H,17,18). The zero-order valence-corrected chi connectivity index (χ0v) is 10.8. The smallest absolute Gasteiger partial charge is 0.334 e. The first-order valence-corrected chi connectivity index (χ1v) is 5.72. The number of rotatable bonds is 7. The van der Waals surface area contributed by atoms with Gasteiger partial charge in [-0.15, -0.1) is 0 Å². The minimum Gasteiger partial charge on any atom is -0.484 e. The van der Waals surface area contributed by atoms with Crippen LogP contribution < -0.4 is 10.1 Å². The zero-order valence-electron chi connectivity index (χ0n) is 10.8. The van der Waals surface area contributed by atoms with Crippen LogP contribution in [0.1, 0.15) is 5.56 Å². The fraction of sp³-hybridized carbons (Fsp3) is 0.308. The van der Waals surface area contributed by atoms with E-state index in [4.69, 9.17) is 15.1 Å². The third kappa shape index (κ3) is 4.96. The molecule has 0 aliphatic carbocycles. The van der Waals surface area contributed by atoms with Crippen LogP contribution in [-0.4, -0.2) is 43.3 Å². The molecule has 1 atom stereocenters. The summed E-state index contributed by atoms with van der Waals surface area (Å²) in [5.74, 6) is -1.17. The molecule has 0 aliphatic rings. The average Bonchev–Trinajstić information content (AvgIpc) is 2.46. The van der Waals surface area contributed by atoms with Crippen LogP contribution in [-0.2, 0) is 14.3 Å². The van der Waals surface area contributed by atoms with E-state index in [0.29, 0.717) is 11.3 Å². The van der Waals surface area contributed by atoms with E-state index in [2.05, 4.69) is 10.1 Å². The summed E-state index contributed by atoms with van der Waals surface area (Å²) in [4.78, 5) is 22.1. The van der Waals surface area contributed by atoms with Gasteiger partial charge in [0, 0.05) is 7.11 Å². The van der Waals surface area contributed by atoms with Gasteiger partial charge in [-0.1, -0.05) is 0 Å². The van der Waals surface area contributed by atoms with Crippen molar-refractivity contribution in [2.75, 3.05) is 20.3 Å². The van der Waals surface area contributed by atoms with Gasteiger partial charge in [0.1, 0.15) is 5.75 Å². The molecule has 0 fully saturated rings. The summed E-state index contributed by atoms with van der Waals surface area (Å²) < 4.78 is 9.85. The Kier molecular flexibility index (Phi) is 6.00. The SMILES string of the molecule is COC(CNC(=O)COc1ccc(C#N)cc1)C(=O)O. The number of benzene rings is 1. The monoisotopic (exact) mass is 278 g/mol. The Balaban J connectivity index is 2.36. The van der Waals surface area contributed by atoms with Gasteiger partial charge in [-0.05, 0) is 24.3 Å². The number of nitriles is 1. The molecule has 0 heterocycles. The number of methoxy groups -OCH3 is 1. The van der Waals surface area contributed by atoms with Crippen molar-refractivity contribution in [2.45, 2.75) is 6.10 Å². The normalized spacial score (nSPS) is 11.2. The molecule has 106 valence electrons. The molecular formula is C13H14N2O5. The average molecular weight is 278 g/mol. The van der Waals surface area contributed by atoms with E-state index in [-0.39, 0.29) is 13.2 Å². The van der Waals surface area contributed by atoms with E-state index in [1.807, 2.05) is 6.07 Å². The van der Waals surface area contributed by atoms with Crippen LogP contribution in [0.25, 0.3) is 0 Å². The fourth-order valence-electron chi connectivity index (χ4n) is 1.30. The number of nitrogens with one attached hydrogen (secondary N) is 1. The van der Waals surface area contributed by atoms with Crippen LogP contribution >= 0.6 is 0 Å². The van der Waals surface area contributed by atoms with Crippen LogP contribution in [0.2, 0.25) is 0 Å². The molecule has 0 saturated heterocycles. The summed E-state index contributed by atoms with van der Waals surface area (Å²) in [6.07, 6.45) is -1.09. The Morgan fingerprint density at radius 1 is 1.40 bits per heavy atom. The minimum atomic E-state index is -1.15. The van der Waals surface area contributed by atoms with Gasteiger partial charge < -0.3 is 19.9 Å². The predicted octanol–water partition coefficient (Wildman–Crippen LogP) is 0.153. The van der Waals surface area contributed by atoms with Gasteiger partial charge in [-0.25, -0.2) is 4.79 Å². The summed E-state index contributed by atoms with van der Waals surface area (Å²) in [6, 6.07) is 8.24. The highest BCUT2D eigenvalue weighted by molar-refractivity contribution is 5.79. The molecule has 0 spiro atoms. The third-order valence-corrected chi connectivity index (χ3v) is 2.40. The first-order chi connectivity index (χ1) is 9.56. The van der Waals surface area contributed by atoms with Crippen molar-refractivity contribution in [3.05, 3.63) is 29.8 Å². The lowest BCUT2D eigenvalue weighted by Gasteiger charge is -2.12. The molecule has 0 aliphatic heterocycles. The van der Waals surface area contributed by atoms with E-state index in [1.165, 1.54) is 7.11 Å². The number of carboxylic acids is 1. The maximum Gasteiger partial charge on any atom is 0.334 e. The lowest BCUT2D eigenvalue weighted by molar-refractivity contribution is -0.148. The van der Waals surface area contributed by atoms with E-state index in [0.717, 1.165) is 0 Å². The number of hydrogen-bond acceptors (Lipinski definition) is 5. The second kappa shape index (κ2) is 7.76. The highest BCUT2D eigenvalue weighted by atomic mass is 16.5. The lowest BCUT2D eigenvalue weighted by atomic mass is 10.2. The summed E-state index contributed by atoms with van der Waals surface area (Å²) in [5.41, 5.74) is 0.492. The number of carbonyl (C=O) groups excluding carboxylic acids is 1. The number of carboxylic acid groups (broad SMARTS) is 1. The van der Waals surface area contributed by atoms with Crippen LogP contribution in [0.4, 0.5) is 0 Å². The molecule has 1 aromatic rings. The van der Waals surface area contributed by atoms with Crippen LogP contribution in [0, 0.1) is 11.3 Å². The maximum absolute atomic E-state index is 11.4. The number of amides is 1. The van der Waals surface area contributed by atoms with E-state index in [1.54, 1.807) is 24.3 Å². The highest BCUT2D eigenvalue weighted by Gasteiger charge is 2.17. The topological polar surface area (TPSA) is 109 Å². The number of ether oxygens (including phenoxy) is 2. The molecule has 0 radical (unpaired) electrons. The Morgan fingerprint density at radius 2 is 2.05 bits per heavy atom. The molecule has 20 heavy (non-hydrogen) atoms. The summed E-state index contributed by atoms with van der Waals surface area (Å²) in [7, 11) is 1.25. The molecule has 0 saturated carbocycles. The molecule has 0 aromatic heterocycles. The van der Waals surface area contributed by atoms with Crippen molar-refractivity contribution in [2.24, 2.45) is 0 Å². The fourth-order valence-corrected chi connectivity index (χ4v) is 1.30. The van der Waals surface area contributed by atoms with Crippen LogP contribution in [0.3, 0.4) is 0 Å². The van der Waals surface area contributed by atoms with Crippen molar-refractivity contribution in [1.82, 2.24) is 5.32 Å². The van der Waals surface area contributed by atoms with Crippen molar-refractivity contribution in [3.63, 3.8) is 0 Å². The number of hydrogen-bond donors (Lipinski definition) is 2. The van der Waals surface area contributed by atoms with Crippen LogP contribution in [0.15, 0.2) is 24.3 Å². The van der Waals surface area contributed by atoms with Gasteiger partial charge in [0.05, 0.1) is 18.2 Å². The van der Waals surface area contributed by atoms with Gasteiger partial charge in [0.15, 0.2) is 12.7 Å². The molecule has 1 aromatic carbocycles. The molecule has 0 bridgehead atoms. The molecule has 2 N–H and O–H groups in total. The second-order valence-electron chi connectivity index (χ2n) is 3.79. The zero-order chi connectivity index (χ0) is 15.0. The quantitative estimate of drug-likeness (QED) is 0.735.